The van der Waals surface area contributed by atoms with Gasteiger partial charge in [-0.3, -0.25) is 9.59 Å². The van der Waals surface area contributed by atoms with Crippen LogP contribution in [0.4, 0.5) is 0 Å². The molecule has 3 aromatic carbocycles. The van der Waals surface area contributed by atoms with Crippen molar-refractivity contribution in [3.05, 3.63) is 94.0 Å². The zero-order valence-corrected chi connectivity index (χ0v) is 24.8. The van der Waals surface area contributed by atoms with Crippen LogP contribution >= 0.6 is 0 Å². The minimum absolute atomic E-state index is 0.170. The van der Waals surface area contributed by atoms with E-state index in [-0.39, 0.29) is 36.6 Å². The number of rotatable bonds is 10. The van der Waals surface area contributed by atoms with Crippen LogP contribution < -0.4 is 9.47 Å². The molecule has 0 aliphatic carbocycles. The Balaban J connectivity index is 1.20. The molecule has 41 heavy (non-hydrogen) atoms. The zero-order chi connectivity index (χ0) is 29.4. The Bertz CT molecular complexity index is 1440. The average molecular weight is 556 g/mol. The smallest absolute Gasteiger partial charge is 0.323 e. The molecule has 0 aromatic heterocycles. The number of nitrogens with zero attached hydrogens (tertiary/aromatic N) is 1. The fraction of sp³-hybridized carbons (Fsp3) is 0.429. The summed E-state index contributed by atoms with van der Waals surface area (Å²) in [6.07, 6.45) is 3.20. The van der Waals surface area contributed by atoms with Gasteiger partial charge < -0.3 is 19.5 Å². The highest BCUT2D eigenvalue weighted by Crippen LogP contribution is 2.38. The van der Waals surface area contributed by atoms with Gasteiger partial charge in [0.1, 0.15) is 29.2 Å². The minimum atomic E-state index is -1.02. The highest BCUT2D eigenvalue weighted by molar-refractivity contribution is 5.81. The van der Waals surface area contributed by atoms with Crippen molar-refractivity contribution in [2.24, 2.45) is 0 Å². The molecule has 0 saturated heterocycles. The van der Waals surface area contributed by atoms with Crippen LogP contribution in [-0.2, 0) is 41.8 Å². The molecule has 1 atom stereocenters. The number of hydrogen-bond donors (Lipinski definition) is 1. The van der Waals surface area contributed by atoms with Crippen LogP contribution in [0.3, 0.4) is 0 Å². The predicted octanol–water partition coefficient (Wildman–Crippen LogP) is 6.51. The Labute approximate surface area is 243 Å². The van der Waals surface area contributed by atoms with E-state index in [0.29, 0.717) is 12.3 Å². The molecule has 2 heterocycles. The highest BCUT2D eigenvalue weighted by atomic mass is 16.5. The molecule has 6 nitrogen and oxygen atoms in total. The number of carboxylic acids is 1. The number of aliphatic carboxylic acids is 1. The Morgan fingerprint density at radius 1 is 0.854 bits per heavy atom. The predicted molar refractivity (Wildman–Crippen MR) is 160 cm³/mol. The van der Waals surface area contributed by atoms with Crippen LogP contribution in [0.15, 0.2) is 60.7 Å². The SMILES string of the molecule is CC(C)c1ccc(CC2(C)Cc3cc(CCC(=O)N(CC(=O)O)Cc4ccc5c(c4)CC(C)(C)O5)ccc3O2)cc1. The van der Waals surface area contributed by atoms with Crippen LogP contribution in [0.1, 0.15) is 80.3 Å². The van der Waals surface area contributed by atoms with Crippen molar-refractivity contribution in [3.8, 4) is 11.5 Å². The average Bonchev–Trinajstić information content (AvgIpc) is 3.39. The molecular weight excluding hydrogens is 514 g/mol. The van der Waals surface area contributed by atoms with Gasteiger partial charge in [0, 0.05) is 32.2 Å². The van der Waals surface area contributed by atoms with Gasteiger partial charge in [0.2, 0.25) is 5.91 Å². The third-order valence-corrected chi connectivity index (χ3v) is 8.08. The molecular formula is C35H41NO5. The number of hydrogen-bond acceptors (Lipinski definition) is 4. The summed E-state index contributed by atoms with van der Waals surface area (Å²) in [6.45, 7) is 10.6. The Kier molecular flexibility index (Phi) is 7.87. The number of benzene rings is 3. The van der Waals surface area contributed by atoms with Crippen LogP contribution in [0.5, 0.6) is 11.5 Å². The van der Waals surface area contributed by atoms with Gasteiger partial charge >= 0.3 is 5.97 Å². The number of carbonyl (C=O) groups excluding carboxylic acids is 1. The molecule has 2 aliphatic heterocycles. The van der Waals surface area contributed by atoms with Crippen molar-refractivity contribution in [3.63, 3.8) is 0 Å². The first-order valence-corrected chi connectivity index (χ1v) is 14.6. The van der Waals surface area contributed by atoms with E-state index in [0.717, 1.165) is 53.0 Å². The van der Waals surface area contributed by atoms with Gasteiger partial charge in [-0.05, 0) is 78.6 Å². The Morgan fingerprint density at radius 2 is 1.46 bits per heavy atom. The maximum Gasteiger partial charge on any atom is 0.323 e. The Morgan fingerprint density at radius 3 is 2.15 bits per heavy atom. The first kappa shape index (κ1) is 28.7. The van der Waals surface area contributed by atoms with Gasteiger partial charge in [-0.15, -0.1) is 0 Å². The lowest BCUT2D eigenvalue weighted by atomic mass is 9.90. The van der Waals surface area contributed by atoms with Crippen LogP contribution in [0, 0.1) is 0 Å². The van der Waals surface area contributed by atoms with E-state index in [1.807, 2.05) is 44.2 Å². The van der Waals surface area contributed by atoms with Gasteiger partial charge in [0.05, 0.1) is 0 Å². The fourth-order valence-corrected chi connectivity index (χ4v) is 6.07. The van der Waals surface area contributed by atoms with Gasteiger partial charge in [-0.2, -0.15) is 0 Å². The lowest BCUT2D eigenvalue weighted by molar-refractivity contribution is -0.144. The van der Waals surface area contributed by atoms with E-state index >= 15 is 0 Å². The highest BCUT2D eigenvalue weighted by Gasteiger charge is 2.35. The molecule has 2 aliphatic rings. The standard InChI is InChI=1S/C35H41NO5/c1-23(2)27-11-6-25(7-12-27)18-35(5)20-29-16-24(8-13-31(29)41-35)10-15-32(37)36(22-33(38)39)21-26-9-14-30-28(17-26)19-34(3,4)40-30/h6-9,11-14,16-17,23H,10,15,18-22H2,1-5H3,(H,38,39). The summed E-state index contributed by atoms with van der Waals surface area (Å²) in [4.78, 5) is 26.2. The monoisotopic (exact) mass is 555 g/mol. The zero-order valence-electron chi connectivity index (χ0n) is 24.8. The molecule has 0 fully saturated rings. The molecule has 0 radical (unpaired) electrons. The molecule has 1 N–H and O–H groups in total. The first-order valence-electron chi connectivity index (χ1n) is 14.6. The lowest BCUT2D eigenvalue weighted by Gasteiger charge is -2.24. The van der Waals surface area contributed by atoms with Crippen molar-refractivity contribution < 1.29 is 24.2 Å². The second kappa shape index (κ2) is 11.2. The maximum absolute atomic E-state index is 13.2. The van der Waals surface area contributed by atoms with Crippen molar-refractivity contribution in [1.29, 1.82) is 0 Å². The van der Waals surface area contributed by atoms with E-state index in [4.69, 9.17) is 9.47 Å². The topological polar surface area (TPSA) is 76.1 Å². The molecule has 0 saturated carbocycles. The summed E-state index contributed by atoms with van der Waals surface area (Å²) in [6, 6.07) is 20.8. The molecule has 0 spiro atoms. The van der Waals surface area contributed by atoms with E-state index in [1.165, 1.54) is 16.0 Å². The summed E-state index contributed by atoms with van der Waals surface area (Å²) >= 11 is 0. The molecule has 5 rings (SSSR count). The van der Waals surface area contributed by atoms with Crippen molar-refractivity contribution in [2.75, 3.05) is 6.54 Å². The fourth-order valence-electron chi connectivity index (χ4n) is 6.07. The van der Waals surface area contributed by atoms with E-state index in [9.17, 15) is 14.7 Å². The molecule has 0 bridgehead atoms. The van der Waals surface area contributed by atoms with Gasteiger partial charge in [0.15, 0.2) is 0 Å². The van der Waals surface area contributed by atoms with Crippen LogP contribution in [0.25, 0.3) is 0 Å². The summed E-state index contributed by atoms with van der Waals surface area (Å²) in [5.74, 6) is 1.08. The molecule has 3 aromatic rings. The van der Waals surface area contributed by atoms with Crippen LogP contribution in [0.2, 0.25) is 0 Å². The van der Waals surface area contributed by atoms with Crippen molar-refractivity contribution >= 4 is 11.9 Å². The normalized spacial score (nSPS) is 18.4. The first-order chi connectivity index (χ1) is 19.4. The van der Waals surface area contributed by atoms with Gasteiger partial charge in [0.25, 0.3) is 0 Å². The summed E-state index contributed by atoms with van der Waals surface area (Å²) in [5, 5.41) is 9.49. The van der Waals surface area contributed by atoms with Crippen molar-refractivity contribution in [1.82, 2.24) is 4.90 Å². The number of carbonyl (C=O) groups is 2. The number of amides is 1. The van der Waals surface area contributed by atoms with E-state index < -0.39 is 5.97 Å². The van der Waals surface area contributed by atoms with Crippen LogP contribution in [-0.4, -0.2) is 39.6 Å². The summed E-state index contributed by atoms with van der Waals surface area (Å²) in [5.41, 5.74) is 6.23. The van der Waals surface area contributed by atoms with E-state index in [1.54, 1.807) is 0 Å². The molecule has 1 amide bonds. The lowest BCUT2D eigenvalue weighted by Crippen LogP contribution is -2.35. The van der Waals surface area contributed by atoms with Gasteiger partial charge in [-0.1, -0.05) is 62.4 Å². The molecule has 216 valence electrons. The second-order valence-corrected chi connectivity index (χ2v) is 12.9. The third-order valence-electron chi connectivity index (χ3n) is 8.08. The largest absolute Gasteiger partial charge is 0.487 e. The minimum Gasteiger partial charge on any atom is -0.487 e. The number of fused-ring (bicyclic) bond motifs is 2. The third kappa shape index (κ3) is 6.92. The number of ether oxygens (including phenoxy) is 2. The van der Waals surface area contributed by atoms with E-state index in [2.05, 4.69) is 51.1 Å². The van der Waals surface area contributed by atoms with Gasteiger partial charge in [-0.25, -0.2) is 0 Å². The summed E-state index contributed by atoms with van der Waals surface area (Å²) in [7, 11) is 0. The molecule has 1 unspecified atom stereocenters. The maximum atomic E-state index is 13.2. The van der Waals surface area contributed by atoms with Crippen molar-refractivity contribution in [2.45, 2.75) is 90.4 Å². The number of aryl methyl sites for hydroxylation is 1. The summed E-state index contributed by atoms with van der Waals surface area (Å²) < 4.78 is 12.4. The Hall–Kier alpha value is -3.80. The molecule has 6 heteroatoms. The second-order valence-electron chi connectivity index (χ2n) is 12.9. The quantitative estimate of drug-likeness (QED) is 0.309. The number of carboxylic acid groups (broad SMARTS) is 1.